The van der Waals surface area contributed by atoms with Crippen LogP contribution in [0.25, 0.3) is 10.9 Å². The van der Waals surface area contributed by atoms with E-state index in [1.807, 2.05) is 6.07 Å². The number of nitrogens with one attached hydrogen (secondary N) is 2. The van der Waals surface area contributed by atoms with Gasteiger partial charge in [-0.1, -0.05) is 23.7 Å². The topological polar surface area (TPSA) is 67.0 Å². The number of hydrogen-bond donors (Lipinski definition) is 2. The van der Waals surface area contributed by atoms with E-state index in [2.05, 4.69) is 15.3 Å². The molecular weight excluding hydrogens is 381 g/mol. The fourth-order valence-corrected chi connectivity index (χ4v) is 2.94. The van der Waals surface area contributed by atoms with Crippen LogP contribution in [0, 0.1) is 5.82 Å². The molecule has 2 aromatic heterocycles. The van der Waals surface area contributed by atoms with Crippen molar-refractivity contribution in [1.29, 1.82) is 0 Å². The smallest absolute Gasteiger partial charge is 0.267 e. The molecule has 0 radical (unpaired) electrons. The zero-order valence-electron chi connectivity index (χ0n) is 14.6. The molecule has 28 heavy (non-hydrogen) atoms. The lowest BCUT2D eigenvalue weighted by atomic mass is 10.2. The number of ether oxygens (including phenoxy) is 1. The van der Waals surface area contributed by atoms with Crippen LogP contribution in [-0.2, 0) is 6.54 Å². The maximum absolute atomic E-state index is 14.3. The number of rotatable bonds is 5. The van der Waals surface area contributed by atoms with Crippen LogP contribution in [-0.4, -0.2) is 15.9 Å². The monoisotopic (exact) mass is 395 g/mol. The van der Waals surface area contributed by atoms with Gasteiger partial charge in [-0.05, 0) is 48.0 Å². The second kappa shape index (κ2) is 7.70. The normalized spacial score (nSPS) is 10.8. The molecule has 4 rings (SSSR count). The quantitative estimate of drug-likeness (QED) is 0.495. The first kappa shape index (κ1) is 18.0. The number of aromatic nitrogens is 2. The Labute approximate surface area is 165 Å². The number of hydrogen-bond acceptors (Lipinski definition) is 3. The minimum Gasteiger partial charge on any atom is -0.453 e. The van der Waals surface area contributed by atoms with Crippen LogP contribution in [0.15, 0.2) is 67.0 Å². The van der Waals surface area contributed by atoms with Gasteiger partial charge in [0, 0.05) is 28.7 Å². The molecule has 2 N–H and O–H groups in total. The average molecular weight is 396 g/mol. The van der Waals surface area contributed by atoms with Crippen LogP contribution in [0.4, 0.5) is 4.39 Å². The molecule has 0 bridgehead atoms. The van der Waals surface area contributed by atoms with Gasteiger partial charge >= 0.3 is 0 Å². The first-order valence-electron chi connectivity index (χ1n) is 8.51. The number of pyridine rings is 1. The highest BCUT2D eigenvalue weighted by molar-refractivity contribution is 6.31. The molecular formula is C21H15ClFN3O2. The van der Waals surface area contributed by atoms with Crippen molar-refractivity contribution < 1.29 is 13.9 Å². The van der Waals surface area contributed by atoms with Crippen LogP contribution < -0.4 is 10.1 Å². The fourth-order valence-electron chi connectivity index (χ4n) is 2.77. The number of halogens is 2. The molecule has 0 aliphatic heterocycles. The molecule has 0 saturated carbocycles. The Kier molecular flexibility index (Phi) is 4.95. The van der Waals surface area contributed by atoms with Crippen molar-refractivity contribution in [2.24, 2.45) is 0 Å². The van der Waals surface area contributed by atoms with Gasteiger partial charge in [0.1, 0.15) is 11.4 Å². The Morgan fingerprint density at radius 1 is 1.18 bits per heavy atom. The van der Waals surface area contributed by atoms with E-state index in [1.165, 1.54) is 18.3 Å². The van der Waals surface area contributed by atoms with E-state index in [0.717, 1.165) is 10.9 Å². The highest BCUT2D eigenvalue weighted by Crippen LogP contribution is 2.24. The molecule has 2 aromatic carbocycles. The van der Waals surface area contributed by atoms with Crippen LogP contribution >= 0.6 is 11.6 Å². The number of fused-ring (bicyclic) bond motifs is 1. The van der Waals surface area contributed by atoms with E-state index >= 15 is 0 Å². The number of benzene rings is 2. The summed E-state index contributed by atoms with van der Waals surface area (Å²) in [6.07, 6.45) is 3.11. The van der Waals surface area contributed by atoms with Crippen molar-refractivity contribution in [3.63, 3.8) is 0 Å². The summed E-state index contributed by atoms with van der Waals surface area (Å²) in [6, 6.07) is 15.0. The lowest BCUT2D eigenvalue weighted by Gasteiger charge is -2.09. The van der Waals surface area contributed by atoms with Crippen molar-refractivity contribution in [2.75, 3.05) is 0 Å². The molecule has 1 amide bonds. The molecule has 5 nitrogen and oxygen atoms in total. The second-order valence-electron chi connectivity index (χ2n) is 6.15. The van der Waals surface area contributed by atoms with Gasteiger partial charge in [0.05, 0.1) is 6.20 Å². The van der Waals surface area contributed by atoms with Gasteiger partial charge in [0.2, 0.25) is 0 Å². The standard InChI is InChI=1S/C21H15ClFN3O2/c22-15-5-4-14-9-19(26-18(14)10-15)21(27)25-11-13-3-6-20(17(23)8-13)28-16-2-1-7-24-12-16/h1-10,12,26H,11H2,(H,25,27). The van der Waals surface area contributed by atoms with E-state index in [0.29, 0.717) is 22.0 Å². The van der Waals surface area contributed by atoms with Crippen LogP contribution in [0.5, 0.6) is 11.5 Å². The molecule has 0 atom stereocenters. The van der Waals surface area contributed by atoms with E-state index in [1.54, 1.807) is 42.6 Å². The van der Waals surface area contributed by atoms with Gasteiger partial charge in [-0.15, -0.1) is 0 Å². The van der Waals surface area contributed by atoms with Gasteiger partial charge in [0.15, 0.2) is 11.6 Å². The highest BCUT2D eigenvalue weighted by Gasteiger charge is 2.11. The molecule has 7 heteroatoms. The van der Waals surface area contributed by atoms with Crippen molar-refractivity contribution in [1.82, 2.24) is 15.3 Å². The summed E-state index contributed by atoms with van der Waals surface area (Å²) in [5, 5.41) is 4.24. The second-order valence-corrected chi connectivity index (χ2v) is 6.59. The predicted octanol–water partition coefficient (Wildman–Crippen LogP) is 5.08. The average Bonchev–Trinajstić information content (AvgIpc) is 3.12. The number of aromatic amines is 1. The summed E-state index contributed by atoms with van der Waals surface area (Å²) < 4.78 is 19.7. The Balaban J connectivity index is 1.42. The van der Waals surface area contributed by atoms with Crippen molar-refractivity contribution in [3.8, 4) is 11.5 Å². The Morgan fingerprint density at radius 2 is 2.07 bits per heavy atom. The van der Waals surface area contributed by atoms with E-state index in [-0.39, 0.29) is 18.2 Å². The molecule has 0 aliphatic carbocycles. The number of carbonyl (C=O) groups excluding carboxylic acids is 1. The van der Waals surface area contributed by atoms with Gasteiger partial charge < -0.3 is 15.0 Å². The lowest BCUT2D eigenvalue weighted by Crippen LogP contribution is -2.23. The molecule has 0 aliphatic rings. The zero-order chi connectivity index (χ0) is 19.5. The summed E-state index contributed by atoms with van der Waals surface area (Å²) in [5.41, 5.74) is 1.80. The van der Waals surface area contributed by atoms with Gasteiger partial charge in [-0.25, -0.2) is 4.39 Å². The molecule has 4 aromatic rings. The van der Waals surface area contributed by atoms with Gasteiger partial charge in [-0.2, -0.15) is 0 Å². The minimum absolute atomic E-state index is 0.0931. The van der Waals surface area contributed by atoms with Gasteiger partial charge in [0.25, 0.3) is 5.91 Å². The summed E-state index contributed by atoms with van der Waals surface area (Å²) in [5.74, 6) is -0.267. The molecule has 2 heterocycles. The van der Waals surface area contributed by atoms with Crippen molar-refractivity contribution in [3.05, 3.63) is 89.1 Å². The first-order chi connectivity index (χ1) is 13.6. The molecule has 0 fully saturated rings. The fraction of sp³-hybridized carbons (Fsp3) is 0.0476. The summed E-state index contributed by atoms with van der Waals surface area (Å²) >= 11 is 5.96. The van der Waals surface area contributed by atoms with Crippen molar-refractivity contribution >= 4 is 28.4 Å². The Hall–Kier alpha value is -3.38. The van der Waals surface area contributed by atoms with E-state index < -0.39 is 5.82 Å². The number of H-pyrrole nitrogens is 1. The third-order valence-corrected chi connectivity index (χ3v) is 4.38. The summed E-state index contributed by atoms with van der Waals surface area (Å²) in [7, 11) is 0. The van der Waals surface area contributed by atoms with Gasteiger partial charge in [-0.3, -0.25) is 9.78 Å². The first-order valence-corrected chi connectivity index (χ1v) is 8.89. The third kappa shape index (κ3) is 3.97. The van der Waals surface area contributed by atoms with Crippen molar-refractivity contribution in [2.45, 2.75) is 6.54 Å². The van der Waals surface area contributed by atoms with Crippen LogP contribution in [0.2, 0.25) is 5.02 Å². The summed E-state index contributed by atoms with van der Waals surface area (Å²) in [6.45, 7) is 0.180. The maximum Gasteiger partial charge on any atom is 0.267 e. The number of amides is 1. The lowest BCUT2D eigenvalue weighted by molar-refractivity contribution is 0.0946. The molecule has 0 unspecified atom stereocenters. The maximum atomic E-state index is 14.3. The van der Waals surface area contributed by atoms with Crippen LogP contribution in [0.3, 0.4) is 0 Å². The SMILES string of the molecule is O=C(NCc1ccc(Oc2cccnc2)c(F)c1)c1cc2ccc(Cl)cc2[nH]1. The number of nitrogens with zero attached hydrogens (tertiary/aromatic N) is 1. The minimum atomic E-state index is -0.518. The molecule has 0 spiro atoms. The Bertz CT molecular complexity index is 1150. The summed E-state index contributed by atoms with van der Waals surface area (Å²) in [4.78, 5) is 19.3. The highest BCUT2D eigenvalue weighted by atomic mass is 35.5. The van der Waals surface area contributed by atoms with E-state index in [9.17, 15) is 9.18 Å². The number of carbonyl (C=O) groups is 1. The van der Waals surface area contributed by atoms with Crippen LogP contribution in [0.1, 0.15) is 16.1 Å². The third-order valence-electron chi connectivity index (χ3n) is 4.14. The van der Waals surface area contributed by atoms with E-state index in [4.69, 9.17) is 16.3 Å². The molecule has 0 saturated heterocycles. The predicted molar refractivity (Wildman–Crippen MR) is 105 cm³/mol. The Morgan fingerprint density at radius 3 is 2.86 bits per heavy atom. The molecule has 140 valence electrons. The zero-order valence-corrected chi connectivity index (χ0v) is 15.3. The largest absolute Gasteiger partial charge is 0.453 e.